The van der Waals surface area contributed by atoms with E-state index in [0.29, 0.717) is 29.4 Å². The second-order valence-electron chi connectivity index (χ2n) is 5.10. The number of carbonyl (C=O) groups excluding carboxylic acids is 1. The third kappa shape index (κ3) is 4.53. The summed E-state index contributed by atoms with van der Waals surface area (Å²) in [4.78, 5) is 12.3. The zero-order chi connectivity index (χ0) is 18.2. The van der Waals surface area contributed by atoms with E-state index in [1.54, 1.807) is 63.8 Å². The molecule has 0 radical (unpaired) electrons. The van der Waals surface area contributed by atoms with E-state index in [1.807, 2.05) is 6.92 Å². The fourth-order valence-corrected chi connectivity index (χ4v) is 2.33. The van der Waals surface area contributed by atoms with Gasteiger partial charge in [-0.1, -0.05) is 0 Å². The molecule has 0 aliphatic heterocycles. The van der Waals surface area contributed by atoms with E-state index in [4.69, 9.17) is 18.9 Å². The van der Waals surface area contributed by atoms with E-state index in [-0.39, 0.29) is 5.78 Å². The van der Waals surface area contributed by atoms with Crippen molar-refractivity contribution in [3.63, 3.8) is 0 Å². The Kier molecular flexibility index (Phi) is 6.46. The predicted octanol–water partition coefficient (Wildman–Crippen LogP) is 4.01. The largest absolute Gasteiger partial charge is 0.496 e. The molecule has 0 heterocycles. The Labute approximate surface area is 147 Å². The molecule has 0 amide bonds. The smallest absolute Gasteiger partial charge is 0.185 e. The molecule has 0 saturated carbocycles. The molecular weight excluding hydrogens is 320 g/mol. The average Bonchev–Trinajstić information content (AvgIpc) is 2.66. The quantitative estimate of drug-likeness (QED) is 0.536. The van der Waals surface area contributed by atoms with Gasteiger partial charge >= 0.3 is 0 Å². The van der Waals surface area contributed by atoms with Gasteiger partial charge in [0.15, 0.2) is 17.3 Å². The minimum Gasteiger partial charge on any atom is -0.496 e. The highest BCUT2D eigenvalue weighted by Gasteiger charge is 2.10. The van der Waals surface area contributed by atoms with Crippen molar-refractivity contribution in [2.24, 2.45) is 0 Å². The number of methoxy groups -OCH3 is 3. The normalized spacial score (nSPS) is 10.6. The van der Waals surface area contributed by atoms with Gasteiger partial charge in [-0.3, -0.25) is 4.79 Å². The van der Waals surface area contributed by atoms with E-state index >= 15 is 0 Å². The molecule has 0 aliphatic rings. The van der Waals surface area contributed by atoms with Gasteiger partial charge in [-0.05, 0) is 49.4 Å². The number of hydrogen-bond acceptors (Lipinski definition) is 5. The van der Waals surface area contributed by atoms with Gasteiger partial charge in [0.2, 0.25) is 0 Å². The van der Waals surface area contributed by atoms with Crippen molar-refractivity contribution >= 4 is 11.9 Å². The highest BCUT2D eigenvalue weighted by molar-refractivity contribution is 6.07. The van der Waals surface area contributed by atoms with Crippen molar-refractivity contribution in [1.29, 1.82) is 0 Å². The highest BCUT2D eigenvalue weighted by atomic mass is 16.5. The zero-order valence-corrected chi connectivity index (χ0v) is 14.9. The van der Waals surface area contributed by atoms with Crippen LogP contribution < -0.4 is 18.9 Å². The van der Waals surface area contributed by atoms with Crippen LogP contribution in [0.3, 0.4) is 0 Å². The number of ketones is 1. The van der Waals surface area contributed by atoms with Gasteiger partial charge in [-0.25, -0.2) is 0 Å². The molecule has 2 aromatic carbocycles. The molecule has 5 nitrogen and oxygen atoms in total. The number of ether oxygens (including phenoxy) is 4. The van der Waals surface area contributed by atoms with Crippen LogP contribution in [0.4, 0.5) is 0 Å². The van der Waals surface area contributed by atoms with Gasteiger partial charge in [0.1, 0.15) is 11.5 Å². The van der Waals surface area contributed by atoms with E-state index < -0.39 is 0 Å². The van der Waals surface area contributed by atoms with Crippen LogP contribution in [0.15, 0.2) is 42.5 Å². The van der Waals surface area contributed by atoms with Gasteiger partial charge in [0, 0.05) is 17.2 Å². The van der Waals surface area contributed by atoms with E-state index in [9.17, 15) is 4.79 Å². The summed E-state index contributed by atoms with van der Waals surface area (Å²) in [6.07, 6.45) is 3.19. The third-order valence-electron chi connectivity index (χ3n) is 3.60. The van der Waals surface area contributed by atoms with Gasteiger partial charge in [0.25, 0.3) is 0 Å². The summed E-state index contributed by atoms with van der Waals surface area (Å²) in [6.45, 7) is 2.50. The van der Waals surface area contributed by atoms with Crippen molar-refractivity contribution < 1.29 is 23.7 Å². The summed E-state index contributed by atoms with van der Waals surface area (Å²) in [5.41, 5.74) is 1.30. The summed E-state index contributed by atoms with van der Waals surface area (Å²) in [6, 6.07) is 10.5. The molecule has 0 unspecified atom stereocenters. The number of hydrogen-bond donors (Lipinski definition) is 0. The molecule has 0 bridgehead atoms. The Balaban J connectivity index is 2.23. The Morgan fingerprint density at radius 1 is 0.920 bits per heavy atom. The number of allylic oxidation sites excluding steroid dienone is 1. The minimum absolute atomic E-state index is 0.111. The molecule has 0 fully saturated rings. The van der Waals surface area contributed by atoms with Gasteiger partial charge in [0.05, 0.1) is 27.9 Å². The molecule has 0 aromatic heterocycles. The summed E-state index contributed by atoms with van der Waals surface area (Å²) < 4.78 is 21.3. The Hall–Kier alpha value is -2.95. The Morgan fingerprint density at radius 2 is 1.52 bits per heavy atom. The molecule has 132 valence electrons. The standard InChI is InChI=1S/C20H22O5/c1-5-25-16-9-6-14(7-10-16)17(21)11-8-15-12-19(23-3)20(24-4)13-18(15)22-2/h6-13H,5H2,1-4H3/b11-8+. The summed E-state index contributed by atoms with van der Waals surface area (Å²) >= 11 is 0. The molecule has 2 aromatic rings. The van der Waals surface area contributed by atoms with Gasteiger partial charge in [-0.2, -0.15) is 0 Å². The third-order valence-corrected chi connectivity index (χ3v) is 3.60. The number of carbonyl (C=O) groups is 1. The van der Waals surface area contributed by atoms with Crippen molar-refractivity contribution in [1.82, 2.24) is 0 Å². The monoisotopic (exact) mass is 342 g/mol. The maximum Gasteiger partial charge on any atom is 0.185 e. The van der Waals surface area contributed by atoms with Crippen molar-refractivity contribution in [3.8, 4) is 23.0 Å². The first-order valence-electron chi connectivity index (χ1n) is 7.88. The van der Waals surface area contributed by atoms with Crippen LogP contribution >= 0.6 is 0 Å². The SMILES string of the molecule is CCOc1ccc(C(=O)/C=C/c2cc(OC)c(OC)cc2OC)cc1. The molecule has 0 aliphatic carbocycles. The van der Waals surface area contributed by atoms with Crippen LogP contribution in [0.5, 0.6) is 23.0 Å². The summed E-state index contributed by atoms with van der Waals surface area (Å²) in [7, 11) is 4.68. The predicted molar refractivity (Wildman–Crippen MR) is 97.1 cm³/mol. The molecule has 0 N–H and O–H groups in total. The fourth-order valence-electron chi connectivity index (χ4n) is 2.33. The van der Waals surface area contributed by atoms with Crippen LogP contribution in [-0.2, 0) is 0 Å². The average molecular weight is 342 g/mol. The van der Waals surface area contributed by atoms with Crippen LogP contribution in [0.25, 0.3) is 6.08 Å². The van der Waals surface area contributed by atoms with E-state index in [2.05, 4.69) is 0 Å². The van der Waals surface area contributed by atoms with Crippen LogP contribution in [-0.4, -0.2) is 33.7 Å². The maximum atomic E-state index is 12.3. The Bertz CT molecular complexity index is 747. The number of benzene rings is 2. The van der Waals surface area contributed by atoms with E-state index in [0.717, 1.165) is 11.3 Å². The first kappa shape index (κ1) is 18.4. The lowest BCUT2D eigenvalue weighted by Gasteiger charge is -2.12. The molecule has 5 heteroatoms. The lowest BCUT2D eigenvalue weighted by Crippen LogP contribution is -1.97. The molecule has 25 heavy (non-hydrogen) atoms. The van der Waals surface area contributed by atoms with Crippen molar-refractivity contribution in [2.45, 2.75) is 6.92 Å². The van der Waals surface area contributed by atoms with E-state index in [1.165, 1.54) is 6.08 Å². The summed E-state index contributed by atoms with van der Waals surface area (Å²) in [5, 5.41) is 0. The lowest BCUT2D eigenvalue weighted by molar-refractivity contribution is 0.104. The lowest BCUT2D eigenvalue weighted by atomic mass is 10.1. The molecule has 2 rings (SSSR count). The Morgan fingerprint density at radius 3 is 2.08 bits per heavy atom. The maximum absolute atomic E-state index is 12.3. The fraction of sp³-hybridized carbons (Fsp3) is 0.250. The molecule has 0 spiro atoms. The topological polar surface area (TPSA) is 54.0 Å². The van der Waals surface area contributed by atoms with Gasteiger partial charge in [-0.15, -0.1) is 0 Å². The first-order chi connectivity index (χ1) is 12.1. The van der Waals surface area contributed by atoms with Crippen molar-refractivity contribution in [2.75, 3.05) is 27.9 Å². The zero-order valence-electron chi connectivity index (χ0n) is 14.9. The highest BCUT2D eigenvalue weighted by Crippen LogP contribution is 2.35. The minimum atomic E-state index is -0.111. The molecule has 0 atom stereocenters. The second kappa shape index (κ2) is 8.78. The van der Waals surface area contributed by atoms with Crippen molar-refractivity contribution in [3.05, 3.63) is 53.6 Å². The van der Waals surface area contributed by atoms with Crippen LogP contribution in [0.1, 0.15) is 22.8 Å². The number of rotatable bonds is 8. The van der Waals surface area contributed by atoms with Crippen LogP contribution in [0, 0.1) is 0 Å². The summed E-state index contributed by atoms with van der Waals surface area (Å²) in [5.74, 6) is 2.35. The second-order valence-corrected chi connectivity index (χ2v) is 5.10. The van der Waals surface area contributed by atoms with Gasteiger partial charge < -0.3 is 18.9 Å². The molecular formula is C20H22O5. The first-order valence-corrected chi connectivity index (χ1v) is 7.88. The van der Waals surface area contributed by atoms with Crippen LogP contribution in [0.2, 0.25) is 0 Å². The molecule has 0 saturated heterocycles.